The van der Waals surface area contributed by atoms with Gasteiger partial charge in [0.1, 0.15) is 0 Å². The number of anilines is 2. The summed E-state index contributed by atoms with van der Waals surface area (Å²) in [6.07, 6.45) is 0. The van der Waals surface area contributed by atoms with Crippen LogP contribution in [0.2, 0.25) is 0 Å². The first kappa shape index (κ1) is 17.7. The number of carbonyl (C=O) groups is 2. The van der Waals surface area contributed by atoms with Crippen molar-refractivity contribution in [3.05, 3.63) is 59.7 Å². The molecule has 0 radical (unpaired) electrons. The van der Waals surface area contributed by atoms with E-state index in [4.69, 9.17) is 0 Å². The molecule has 4 rings (SSSR count). The maximum atomic E-state index is 12.5. The van der Waals surface area contributed by atoms with Gasteiger partial charge in [-0.25, -0.2) is 0 Å². The fourth-order valence-electron chi connectivity index (χ4n) is 3.80. The predicted octanol–water partition coefficient (Wildman–Crippen LogP) is 3.12. The number of amides is 1. The normalized spacial score (nSPS) is 17.7. The van der Waals surface area contributed by atoms with Crippen LogP contribution in [0.4, 0.5) is 11.4 Å². The van der Waals surface area contributed by atoms with Crippen LogP contribution in [-0.2, 0) is 4.79 Å². The molecule has 0 spiro atoms. The molecule has 0 saturated carbocycles. The van der Waals surface area contributed by atoms with Crippen LogP contribution in [0.3, 0.4) is 0 Å². The van der Waals surface area contributed by atoms with Gasteiger partial charge in [-0.05, 0) is 35.7 Å². The van der Waals surface area contributed by atoms with Gasteiger partial charge < -0.3 is 4.90 Å². The Balaban J connectivity index is 1.45. The number of nitrogens with zero attached hydrogens (tertiary/aromatic N) is 3. The number of para-hydroxylation sites is 1. The Morgan fingerprint density at radius 3 is 2.30 bits per heavy atom. The summed E-state index contributed by atoms with van der Waals surface area (Å²) >= 11 is 0. The second kappa shape index (κ2) is 7.16. The standard InChI is InChI=1S/C22H25N3O2/c1-16(2)17-8-9-20-19(14-17)21(26)22(27)25(20)15-23-10-12-24(13-11-23)18-6-4-3-5-7-18/h3-9,14,16H,10-13,15H2,1-2H3. The van der Waals surface area contributed by atoms with Crippen molar-refractivity contribution in [1.82, 2.24) is 4.90 Å². The molecule has 140 valence electrons. The Morgan fingerprint density at radius 2 is 1.63 bits per heavy atom. The summed E-state index contributed by atoms with van der Waals surface area (Å²) in [5.41, 5.74) is 3.62. The second-order valence-corrected chi connectivity index (χ2v) is 7.58. The topological polar surface area (TPSA) is 43.9 Å². The Morgan fingerprint density at radius 1 is 0.926 bits per heavy atom. The van der Waals surface area contributed by atoms with Gasteiger partial charge >= 0.3 is 5.91 Å². The minimum atomic E-state index is -0.406. The number of rotatable bonds is 4. The van der Waals surface area contributed by atoms with Crippen molar-refractivity contribution >= 4 is 23.1 Å². The molecule has 5 heteroatoms. The third-order valence-corrected chi connectivity index (χ3v) is 5.50. The number of piperazine rings is 1. The zero-order valence-electron chi connectivity index (χ0n) is 15.9. The number of carbonyl (C=O) groups excluding carboxylic acids is 2. The van der Waals surface area contributed by atoms with Gasteiger partial charge in [0.05, 0.1) is 17.9 Å². The zero-order chi connectivity index (χ0) is 19.0. The molecule has 0 atom stereocenters. The quantitative estimate of drug-likeness (QED) is 0.783. The highest BCUT2D eigenvalue weighted by Crippen LogP contribution is 2.32. The van der Waals surface area contributed by atoms with Gasteiger partial charge in [-0.1, -0.05) is 38.1 Å². The molecule has 0 aromatic heterocycles. The predicted molar refractivity (Wildman–Crippen MR) is 107 cm³/mol. The van der Waals surface area contributed by atoms with Crippen molar-refractivity contribution in [1.29, 1.82) is 0 Å². The maximum absolute atomic E-state index is 12.5. The molecule has 0 unspecified atom stereocenters. The first-order valence-corrected chi connectivity index (χ1v) is 9.57. The van der Waals surface area contributed by atoms with E-state index in [0.717, 1.165) is 37.4 Å². The molecular weight excluding hydrogens is 338 g/mol. The van der Waals surface area contributed by atoms with Crippen LogP contribution in [-0.4, -0.2) is 49.4 Å². The van der Waals surface area contributed by atoms with Crippen molar-refractivity contribution in [3.63, 3.8) is 0 Å². The molecular formula is C22H25N3O2. The number of benzene rings is 2. The summed E-state index contributed by atoms with van der Waals surface area (Å²) in [5, 5.41) is 0. The van der Waals surface area contributed by atoms with Gasteiger partial charge in [0, 0.05) is 31.9 Å². The van der Waals surface area contributed by atoms with Crippen molar-refractivity contribution in [2.45, 2.75) is 19.8 Å². The van der Waals surface area contributed by atoms with E-state index >= 15 is 0 Å². The largest absolute Gasteiger partial charge is 0.369 e. The third-order valence-electron chi connectivity index (χ3n) is 5.50. The van der Waals surface area contributed by atoms with Crippen LogP contribution >= 0.6 is 0 Å². The number of fused-ring (bicyclic) bond motifs is 1. The monoisotopic (exact) mass is 363 g/mol. The first-order chi connectivity index (χ1) is 13.0. The van der Waals surface area contributed by atoms with Crippen LogP contribution < -0.4 is 9.80 Å². The zero-order valence-corrected chi connectivity index (χ0v) is 15.9. The lowest BCUT2D eigenvalue weighted by molar-refractivity contribution is -0.114. The summed E-state index contributed by atoms with van der Waals surface area (Å²) in [6.45, 7) is 8.22. The lowest BCUT2D eigenvalue weighted by Crippen LogP contribution is -2.51. The van der Waals surface area contributed by atoms with E-state index in [1.807, 2.05) is 24.3 Å². The van der Waals surface area contributed by atoms with Gasteiger partial charge in [0.25, 0.3) is 5.78 Å². The van der Waals surface area contributed by atoms with Crippen LogP contribution in [0.1, 0.15) is 35.7 Å². The van der Waals surface area contributed by atoms with Crippen LogP contribution in [0.15, 0.2) is 48.5 Å². The lowest BCUT2D eigenvalue weighted by atomic mass is 9.99. The van der Waals surface area contributed by atoms with Crippen molar-refractivity contribution in [2.75, 3.05) is 42.6 Å². The van der Waals surface area contributed by atoms with Gasteiger partial charge in [0.15, 0.2) is 0 Å². The molecule has 1 amide bonds. The highest BCUT2D eigenvalue weighted by atomic mass is 16.2. The van der Waals surface area contributed by atoms with E-state index in [1.165, 1.54) is 5.69 Å². The Hall–Kier alpha value is -2.66. The molecule has 2 aliphatic heterocycles. The highest BCUT2D eigenvalue weighted by Gasteiger charge is 2.37. The molecule has 0 N–H and O–H groups in total. The first-order valence-electron chi connectivity index (χ1n) is 9.57. The molecule has 2 aromatic carbocycles. The Labute approximate surface area is 160 Å². The summed E-state index contributed by atoms with van der Waals surface area (Å²) in [7, 11) is 0. The van der Waals surface area contributed by atoms with E-state index in [9.17, 15) is 9.59 Å². The Bertz CT molecular complexity index is 855. The van der Waals surface area contributed by atoms with E-state index in [2.05, 4.69) is 47.9 Å². The molecule has 27 heavy (non-hydrogen) atoms. The molecule has 5 nitrogen and oxygen atoms in total. The Kier molecular flexibility index (Phi) is 4.70. The van der Waals surface area contributed by atoms with Gasteiger partial charge in [0.2, 0.25) is 0 Å². The fourth-order valence-corrected chi connectivity index (χ4v) is 3.80. The van der Waals surface area contributed by atoms with E-state index < -0.39 is 5.91 Å². The molecule has 2 aromatic rings. The summed E-state index contributed by atoms with van der Waals surface area (Å²) in [5.74, 6) is -0.454. The lowest BCUT2D eigenvalue weighted by Gasteiger charge is -2.37. The van der Waals surface area contributed by atoms with Crippen molar-refractivity contribution < 1.29 is 9.59 Å². The summed E-state index contributed by atoms with van der Waals surface area (Å²) < 4.78 is 0. The van der Waals surface area contributed by atoms with E-state index in [0.29, 0.717) is 18.2 Å². The summed E-state index contributed by atoms with van der Waals surface area (Å²) in [4.78, 5) is 31.2. The van der Waals surface area contributed by atoms with Gasteiger partial charge in [-0.15, -0.1) is 0 Å². The molecule has 1 fully saturated rings. The average molecular weight is 363 g/mol. The van der Waals surface area contributed by atoms with Crippen LogP contribution in [0, 0.1) is 0 Å². The molecule has 2 aliphatic rings. The second-order valence-electron chi connectivity index (χ2n) is 7.58. The number of hydrogen-bond donors (Lipinski definition) is 0. The average Bonchev–Trinajstić information content (AvgIpc) is 2.93. The highest BCUT2D eigenvalue weighted by molar-refractivity contribution is 6.52. The van der Waals surface area contributed by atoms with Gasteiger partial charge in [-0.2, -0.15) is 0 Å². The van der Waals surface area contributed by atoms with E-state index in [1.54, 1.807) is 4.90 Å². The molecule has 0 aliphatic carbocycles. The smallest absolute Gasteiger partial charge is 0.300 e. The van der Waals surface area contributed by atoms with E-state index in [-0.39, 0.29) is 5.78 Å². The number of ketones is 1. The SMILES string of the molecule is CC(C)c1ccc2c(c1)C(=O)C(=O)N2CN1CCN(c2ccccc2)CC1. The van der Waals surface area contributed by atoms with Crippen LogP contribution in [0.25, 0.3) is 0 Å². The number of hydrogen-bond acceptors (Lipinski definition) is 4. The van der Waals surface area contributed by atoms with Crippen LogP contribution in [0.5, 0.6) is 0 Å². The van der Waals surface area contributed by atoms with Crippen molar-refractivity contribution in [3.8, 4) is 0 Å². The third kappa shape index (κ3) is 3.35. The van der Waals surface area contributed by atoms with Gasteiger partial charge in [-0.3, -0.25) is 19.4 Å². The maximum Gasteiger partial charge on any atom is 0.300 e. The number of Topliss-reactive ketones (excluding diaryl/α,β-unsaturated/α-hetero) is 1. The summed E-state index contributed by atoms with van der Waals surface area (Å²) in [6, 6.07) is 16.2. The molecule has 2 heterocycles. The molecule has 1 saturated heterocycles. The fraction of sp³-hybridized carbons (Fsp3) is 0.364. The minimum absolute atomic E-state index is 0.332. The van der Waals surface area contributed by atoms with Crippen molar-refractivity contribution in [2.24, 2.45) is 0 Å². The minimum Gasteiger partial charge on any atom is -0.369 e. The molecule has 0 bridgehead atoms.